The molecule has 0 spiro atoms. The van der Waals surface area contributed by atoms with Crippen molar-refractivity contribution >= 4 is 11.9 Å². The van der Waals surface area contributed by atoms with Gasteiger partial charge in [-0.3, -0.25) is 9.59 Å². The summed E-state index contributed by atoms with van der Waals surface area (Å²) in [6, 6.07) is 0. The second-order valence-electron chi connectivity index (χ2n) is 3.04. The fourth-order valence-corrected chi connectivity index (χ4v) is 1.60. The van der Waals surface area contributed by atoms with Crippen molar-refractivity contribution in [3.8, 4) is 0 Å². The molecule has 0 radical (unpaired) electrons. The monoisotopic (exact) mass is 164 g/mol. The number of allylic oxidation sites excluding steroid dienone is 2. The number of esters is 2. The van der Waals surface area contributed by atoms with Crippen LogP contribution in [0.5, 0.6) is 0 Å². The van der Waals surface area contributed by atoms with E-state index in [1.165, 1.54) is 0 Å². The number of ether oxygens (including phenoxy) is 1. The molecule has 3 heteroatoms. The van der Waals surface area contributed by atoms with E-state index in [2.05, 4.69) is 4.74 Å². The van der Waals surface area contributed by atoms with E-state index in [1.807, 2.05) is 13.0 Å². The standard InChI is InChI=1S/C9H8O3/c1-5-3-2-4-6-7(5)9(11)12-8(6)10/h2-4,6-7H,1H3. The van der Waals surface area contributed by atoms with Gasteiger partial charge in [0.2, 0.25) is 0 Å². The number of hydrogen-bond acceptors (Lipinski definition) is 3. The lowest BCUT2D eigenvalue weighted by Gasteiger charge is -2.13. The third-order valence-corrected chi connectivity index (χ3v) is 2.25. The fourth-order valence-electron chi connectivity index (χ4n) is 1.60. The minimum Gasteiger partial charge on any atom is -0.392 e. The number of cyclic esters (lactones) is 2. The Morgan fingerprint density at radius 3 is 2.75 bits per heavy atom. The first-order valence-corrected chi connectivity index (χ1v) is 3.80. The summed E-state index contributed by atoms with van der Waals surface area (Å²) in [6.07, 6.45) is 5.34. The maximum atomic E-state index is 11.1. The van der Waals surface area contributed by atoms with Gasteiger partial charge in [-0.05, 0) is 6.92 Å². The summed E-state index contributed by atoms with van der Waals surface area (Å²) in [4.78, 5) is 22.2. The first-order valence-electron chi connectivity index (χ1n) is 3.80. The van der Waals surface area contributed by atoms with E-state index in [4.69, 9.17) is 0 Å². The van der Waals surface area contributed by atoms with E-state index in [0.717, 1.165) is 5.57 Å². The summed E-state index contributed by atoms with van der Waals surface area (Å²) in [6.45, 7) is 1.83. The highest BCUT2D eigenvalue weighted by molar-refractivity contribution is 5.99. The van der Waals surface area contributed by atoms with Crippen molar-refractivity contribution in [1.29, 1.82) is 0 Å². The molecule has 0 aromatic carbocycles. The van der Waals surface area contributed by atoms with Crippen molar-refractivity contribution in [2.75, 3.05) is 0 Å². The Bertz CT molecular complexity index is 312. The lowest BCUT2D eigenvalue weighted by Crippen LogP contribution is -2.18. The Morgan fingerprint density at radius 1 is 1.33 bits per heavy atom. The zero-order chi connectivity index (χ0) is 8.72. The van der Waals surface area contributed by atoms with Gasteiger partial charge < -0.3 is 4.74 Å². The summed E-state index contributed by atoms with van der Waals surface area (Å²) < 4.78 is 4.51. The lowest BCUT2D eigenvalue weighted by atomic mass is 9.85. The quantitative estimate of drug-likeness (QED) is 0.393. The molecular weight excluding hydrogens is 156 g/mol. The average Bonchev–Trinajstić information content (AvgIpc) is 2.29. The van der Waals surface area contributed by atoms with E-state index in [9.17, 15) is 9.59 Å². The van der Waals surface area contributed by atoms with Gasteiger partial charge in [0.25, 0.3) is 0 Å². The number of carbonyl (C=O) groups is 2. The molecule has 0 aromatic rings. The van der Waals surface area contributed by atoms with Gasteiger partial charge >= 0.3 is 11.9 Å². The van der Waals surface area contributed by atoms with Gasteiger partial charge in [-0.25, -0.2) is 0 Å². The highest BCUT2D eigenvalue weighted by Gasteiger charge is 2.44. The first-order chi connectivity index (χ1) is 5.70. The van der Waals surface area contributed by atoms with Crippen LogP contribution in [0.3, 0.4) is 0 Å². The SMILES string of the molecule is CC1=CC=CC2C(=O)OC(=O)C12. The van der Waals surface area contributed by atoms with Crippen LogP contribution >= 0.6 is 0 Å². The second-order valence-corrected chi connectivity index (χ2v) is 3.04. The molecule has 1 aliphatic heterocycles. The average molecular weight is 164 g/mol. The van der Waals surface area contributed by atoms with Crippen LogP contribution in [0.2, 0.25) is 0 Å². The van der Waals surface area contributed by atoms with Crippen LogP contribution < -0.4 is 0 Å². The van der Waals surface area contributed by atoms with Gasteiger partial charge in [-0.1, -0.05) is 23.8 Å². The first kappa shape index (κ1) is 7.28. The lowest BCUT2D eigenvalue weighted by molar-refractivity contribution is -0.153. The molecule has 2 rings (SSSR count). The van der Waals surface area contributed by atoms with E-state index in [1.54, 1.807) is 12.2 Å². The Morgan fingerprint density at radius 2 is 2.08 bits per heavy atom. The molecule has 0 bridgehead atoms. The second kappa shape index (κ2) is 2.30. The zero-order valence-corrected chi connectivity index (χ0v) is 6.61. The molecule has 1 heterocycles. The molecule has 0 aromatic heterocycles. The summed E-state index contributed by atoms with van der Waals surface area (Å²) >= 11 is 0. The van der Waals surface area contributed by atoms with Crippen LogP contribution in [0.4, 0.5) is 0 Å². The maximum absolute atomic E-state index is 11.1. The van der Waals surface area contributed by atoms with E-state index < -0.39 is 11.9 Å². The van der Waals surface area contributed by atoms with Gasteiger partial charge in [-0.2, -0.15) is 0 Å². The molecule has 1 aliphatic carbocycles. The Hall–Kier alpha value is -1.38. The largest absolute Gasteiger partial charge is 0.392 e. The Labute approximate surface area is 69.7 Å². The highest BCUT2D eigenvalue weighted by Crippen LogP contribution is 2.33. The van der Waals surface area contributed by atoms with E-state index >= 15 is 0 Å². The number of rotatable bonds is 0. The fraction of sp³-hybridized carbons (Fsp3) is 0.333. The number of hydrogen-bond donors (Lipinski definition) is 0. The van der Waals surface area contributed by atoms with Crippen molar-refractivity contribution in [3.63, 3.8) is 0 Å². The third-order valence-electron chi connectivity index (χ3n) is 2.25. The number of fused-ring (bicyclic) bond motifs is 1. The Kier molecular flexibility index (Phi) is 1.40. The van der Waals surface area contributed by atoms with Crippen LogP contribution in [-0.4, -0.2) is 11.9 Å². The molecule has 2 atom stereocenters. The van der Waals surface area contributed by atoms with Gasteiger partial charge in [0.05, 0.1) is 11.8 Å². The van der Waals surface area contributed by atoms with E-state index in [0.29, 0.717) is 0 Å². The van der Waals surface area contributed by atoms with Crippen LogP contribution in [0.1, 0.15) is 6.92 Å². The summed E-state index contributed by atoms with van der Waals surface area (Å²) in [5, 5.41) is 0. The molecule has 62 valence electrons. The van der Waals surface area contributed by atoms with Gasteiger partial charge in [0.15, 0.2) is 0 Å². The smallest absolute Gasteiger partial charge is 0.321 e. The molecular formula is C9H8O3. The molecule has 1 fully saturated rings. The third kappa shape index (κ3) is 0.826. The van der Waals surface area contributed by atoms with Gasteiger partial charge in [0.1, 0.15) is 0 Å². The van der Waals surface area contributed by atoms with Crippen molar-refractivity contribution in [2.24, 2.45) is 11.8 Å². The topological polar surface area (TPSA) is 43.4 Å². The summed E-state index contributed by atoms with van der Waals surface area (Å²) in [5.74, 6) is -1.57. The molecule has 2 aliphatic rings. The van der Waals surface area contributed by atoms with Crippen LogP contribution in [-0.2, 0) is 14.3 Å². The van der Waals surface area contributed by atoms with Gasteiger partial charge in [-0.15, -0.1) is 0 Å². The molecule has 0 saturated carbocycles. The van der Waals surface area contributed by atoms with E-state index in [-0.39, 0.29) is 11.8 Å². The zero-order valence-electron chi connectivity index (χ0n) is 6.61. The van der Waals surface area contributed by atoms with Crippen molar-refractivity contribution < 1.29 is 14.3 Å². The summed E-state index contributed by atoms with van der Waals surface area (Å²) in [5.41, 5.74) is 0.901. The Balaban J connectivity index is 2.41. The van der Waals surface area contributed by atoms with Gasteiger partial charge in [0, 0.05) is 0 Å². The minimum atomic E-state index is -0.422. The van der Waals surface area contributed by atoms with Crippen LogP contribution in [0.15, 0.2) is 23.8 Å². The van der Waals surface area contributed by atoms with Crippen molar-refractivity contribution in [3.05, 3.63) is 23.8 Å². The number of carbonyl (C=O) groups excluding carboxylic acids is 2. The predicted octanol–water partition coefficient (Wildman–Crippen LogP) is 0.818. The van der Waals surface area contributed by atoms with Crippen molar-refractivity contribution in [1.82, 2.24) is 0 Å². The van der Waals surface area contributed by atoms with Crippen molar-refractivity contribution in [2.45, 2.75) is 6.92 Å². The highest BCUT2D eigenvalue weighted by atomic mass is 16.6. The van der Waals surface area contributed by atoms with Crippen LogP contribution in [0, 0.1) is 11.8 Å². The minimum absolute atomic E-state index is 0.359. The molecule has 3 nitrogen and oxygen atoms in total. The molecule has 1 saturated heterocycles. The molecule has 2 unspecified atom stereocenters. The predicted molar refractivity (Wildman–Crippen MR) is 41.0 cm³/mol. The summed E-state index contributed by atoms with van der Waals surface area (Å²) in [7, 11) is 0. The normalized spacial score (nSPS) is 32.9. The maximum Gasteiger partial charge on any atom is 0.321 e. The van der Waals surface area contributed by atoms with Crippen LogP contribution in [0.25, 0.3) is 0 Å². The molecule has 12 heavy (non-hydrogen) atoms. The molecule has 0 N–H and O–H groups in total. The molecule has 0 amide bonds.